The summed E-state index contributed by atoms with van der Waals surface area (Å²) in [6.07, 6.45) is 0. The summed E-state index contributed by atoms with van der Waals surface area (Å²) in [6.45, 7) is 2.89. The highest BCUT2D eigenvalue weighted by Gasteiger charge is 2.26. The maximum Gasteiger partial charge on any atom is 0.307 e. The van der Waals surface area contributed by atoms with Crippen molar-refractivity contribution in [3.8, 4) is 0 Å². The van der Waals surface area contributed by atoms with Gasteiger partial charge in [-0.1, -0.05) is 31.5 Å². The number of amides is 1. The van der Waals surface area contributed by atoms with Gasteiger partial charge in [0.05, 0.1) is 16.6 Å². The average molecular weight is 274 g/mol. The molecule has 0 aromatic heterocycles. The molecule has 98 valence electrons. The van der Waals surface area contributed by atoms with Gasteiger partial charge < -0.3 is 10.4 Å². The van der Waals surface area contributed by atoms with Crippen LogP contribution in [0.25, 0.3) is 0 Å². The lowest BCUT2D eigenvalue weighted by Gasteiger charge is -2.16. The van der Waals surface area contributed by atoms with E-state index in [-0.39, 0.29) is 10.7 Å². The lowest BCUT2D eigenvalue weighted by Crippen LogP contribution is -2.30. The molecular weight excluding hydrogens is 261 g/mol. The molecule has 1 rings (SSSR count). The number of benzene rings is 1. The van der Waals surface area contributed by atoms with Crippen molar-refractivity contribution in [2.24, 2.45) is 11.8 Å². The summed E-state index contributed by atoms with van der Waals surface area (Å²) in [7, 11) is 0. The fourth-order valence-corrected chi connectivity index (χ4v) is 1.46. The maximum absolute atomic E-state index is 13.5. The molecule has 4 nitrogen and oxygen atoms in total. The molecule has 0 radical (unpaired) electrons. The van der Waals surface area contributed by atoms with E-state index in [2.05, 4.69) is 5.32 Å². The molecule has 6 heteroatoms. The summed E-state index contributed by atoms with van der Waals surface area (Å²) in [5.74, 6) is -4.01. The molecule has 0 heterocycles. The van der Waals surface area contributed by atoms with Crippen molar-refractivity contribution in [3.63, 3.8) is 0 Å². The molecular formula is C12H13ClFNO3. The number of hydrogen-bond donors (Lipinski definition) is 2. The second-order valence-corrected chi connectivity index (χ2v) is 4.41. The van der Waals surface area contributed by atoms with Crippen LogP contribution in [0.15, 0.2) is 18.2 Å². The summed E-state index contributed by atoms with van der Waals surface area (Å²) < 4.78 is 13.5. The van der Waals surface area contributed by atoms with Gasteiger partial charge in [0, 0.05) is 5.92 Å². The molecule has 0 spiro atoms. The van der Waals surface area contributed by atoms with Crippen LogP contribution in [0.1, 0.15) is 13.8 Å². The number of aliphatic carboxylic acids is 1. The first kappa shape index (κ1) is 14.4. The summed E-state index contributed by atoms with van der Waals surface area (Å²) in [5.41, 5.74) is -0.0584. The number of nitrogens with one attached hydrogen (secondary N) is 1. The van der Waals surface area contributed by atoms with Crippen LogP contribution in [0.5, 0.6) is 0 Å². The van der Waals surface area contributed by atoms with Gasteiger partial charge in [-0.05, 0) is 12.1 Å². The molecule has 2 unspecified atom stereocenters. The molecule has 18 heavy (non-hydrogen) atoms. The Bertz CT molecular complexity index is 478. The second kappa shape index (κ2) is 5.82. The van der Waals surface area contributed by atoms with Crippen molar-refractivity contribution in [1.29, 1.82) is 0 Å². The Morgan fingerprint density at radius 2 is 1.94 bits per heavy atom. The van der Waals surface area contributed by atoms with Crippen molar-refractivity contribution in [2.75, 3.05) is 5.32 Å². The highest BCUT2D eigenvalue weighted by Crippen LogP contribution is 2.23. The molecule has 2 N–H and O–H groups in total. The third-order valence-corrected chi connectivity index (χ3v) is 3.05. The predicted octanol–water partition coefficient (Wildman–Crippen LogP) is 2.77. The van der Waals surface area contributed by atoms with E-state index in [1.165, 1.54) is 32.0 Å². The number of hydrogen-bond acceptors (Lipinski definition) is 2. The van der Waals surface area contributed by atoms with Crippen LogP contribution in [-0.4, -0.2) is 17.0 Å². The SMILES string of the molecule is CC(C(=O)O)C(C)C(=O)Nc1cccc(Cl)c1F. The molecule has 0 aliphatic heterocycles. The summed E-state index contributed by atoms with van der Waals surface area (Å²) in [4.78, 5) is 22.5. The van der Waals surface area contributed by atoms with E-state index in [0.29, 0.717) is 0 Å². The Balaban J connectivity index is 2.82. The number of carbonyl (C=O) groups is 2. The van der Waals surface area contributed by atoms with E-state index >= 15 is 0 Å². The van der Waals surface area contributed by atoms with Gasteiger partial charge in [0.1, 0.15) is 0 Å². The van der Waals surface area contributed by atoms with Gasteiger partial charge >= 0.3 is 5.97 Å². The fraction of sp³-hybridized carbons (Fsp3) is 0.333. The van der Waals surface area contributed by atoms with Crippen LogP contribution >= 0.6 is 11.6 Å². The average Bonchev–Trinajstić information content (AvgIpc) is 2.32. The lowest BCUT2D eigenvalue weighted by molar-refractivity contribution is -0.145. The van der Waals surface area contributed by atoms with Crippen LogP contribution < -0.4 is 5.32 Å². The first-order valence-electron chi connectivity index (χ1n) is 5.32. The van der Waals surface area contributed by atoms with Gasteiger partial charge in [-0.3, -0.25) is 9.59 Å². The van der Waals surface area contributed by atoms with Gasteiger partial charge in [-0.25, -0.2) is 4.39 Å². The number of carboxylic acids is 1. The maximum atomic E-state index is 13.5. The zero-order valence-corrected chi connectivity index (χ0v) is 10.7. The van der Waals surface area contributed by atoms with Crippen molar-refractivity contribution in [1.82, 2.24) is 0 Å². The van der Waals surface area contributed by atoms with Gasteiger partial charge in [0.15, 0.2) is 5.82 Å². The molecule has 0 aliphatic carbocycles. The summed E-state index contributed by atoms with van der Waals surface area (Å²) in [5, 5.41) is 11.0. The van der Waals surface area contributed by atoms with E-state index in [1.54, 1.807) is 0 Å². The normalized spacial score (nSPS) is 13.8. The zero-order valence-electron chi connectivity index (χ0n) is 9.91. The van der Waals surface area contributed by atoms with E-state index in [1.807, 2.05) is 0 Å². The summed E-state index contributed by atoms with van der Waals surface area (Å²) >= 11 is 5.57. The first-order chi connectivity index (χ1) is 8.34. The first-order valence-corrected chi connectivity index (χ1v) is 5.70. The Kier molecular flexibility index (Phi) is 4.67. The van der Waals surface area contributed by atoms with Crippen molar-refractivity contribution >= 4 is 29.2 Å². The molecule has 1 amide bonds. The zero-order chi connectivity index (χ0) is 13.9. The smallest absolute Gasteiger partial charge is 0.307 e. The number of halogens is 2. The van der Waals surface area contributed by atoms with E-state index < -0.39 is 29.5 Å². The molecule has 1 aromatic carbocycles. The highest BCUT2D eigenvalue weighted by molar-refractivity contribution is 6.31. The van der Waals surface area contributed by atoms with Crippen LogP contribution in [0.2, 0.25) is 5.02 Å². The second-order valence-electron chi connectivity index (χ2n) is 4.01. The van der Waals surface area contributed by atoms with E-state index in [9.17, 15) is 14.0 Å². The molecule has 2 atom stereocenters. The van der Waals surface area contributed by atoms with Crippen LogP contribution in [-0.2, 0) is 9.59 Å². The van der Waals surface area contributed by atoms with Crippen LogP contribution in [0.4, 0.5) is 10.1 Å². The van der Waals surface area contributed by atoms with Gasteiger partial charge in [0.25, 0.3) is 0 Å². The lowest BCUT2D eigenvalue weighted by atomic mass is 9.95. The van der Waals surface area contributed by atoms with Gasteiger partial charge in [0.2, 0.25) is 5.91 Å². The Morgan fingerprint density at radius 1 is 1.33 bits per heavy atom. The molecule has 1 aromatic rings. The van der Waals surface area contributed by atoms with Gasteiger partial charge in [-0.2, -0.15) is 0 Å². The Labute approximate surface area is 109 Å². The van der Waals surface area contributed by atoms with Crippen LogP contribution in [0, 0.1) is 17.7 Å². The molecule has 0 aliphatic rings. The standard InChI is InChI=1S/C12H13ClFNO3/c1-6(7(2)12(17)18)11(16)15-9-5-3-4-8(13)10(9)14/h3-7H,1-2H3,(H,15,16)(H,17,18). The summed E-state index contributed by atoms with van der Waals surface area (Å²) in [6, 6.07) is 4.21. The minimum absolute atomic E-state index is 0.0584. The molecule has 0 bridgehead atoms. The quantitative estimate of drug-likeness (QED) is 0.886. The Morgan fingerprint density at radius 3 is 2.50 bits per heavy atom. The van der Waals surface area contributed by atoms with Gasteiger partial charge in [-0.15, -0.1) is 0 Å². The fourth-order valence-electron chi connectivity index (χ4n) is 1.29. The van der Waals surface area contributed by atoms with Crippen molar-refractivity contribution in [2.45, 2.75) is 13.8 Å². The van der Waals surface area contributed by atoms with Crippen molar-refractivity contribution < 1.29 is 19.1 Å². The predicted molar refractivity (Wildman–Crippen MR) is 66.0 cm³/mol. The molecule has 0 saturated carbocycles. The topological polar surface area (TPSA) is 66.4 Å². The largest absolute Gasteiger partial charge is 0.481 e. The minimum Gasteiger partial charge on any atom is -0.481 e. The monoisotopic (exact) mass is 273 g/mol. The van der Waals surface area contributed by atoms with E-state index in [0.717, 1.165) is 0 Å². The third-order valence-electron chi connectivity index (χ3n) is 2.76. The van der Waals surface area contributed by atoms with Crippen LogP contribution in [0.3, 0.4) is 0 Å². The Hall–Kier alpha value is -1.62. The van der Waals surface area contributed by atoms with E-state index in [4.69, 9.17) is 16.7 Å². The molecule has 0 fully saturated rings. The minimum atomic E-state index is -1.08. The number of rotatable bonds is 4. The number of carbonyl (C=O) groups excluding carboxylic acids is 1. The number of carboxylic acid groups (broad SMARTS) is 1. The number of anilines is 1. The molecule has 0 saturated heterocycles. The third kappa shape index (κ3) is 3.20. The highest BCUT2D eigenvalue weighted by atomic mass is 35.5. The van der Waals surface area contributed by atoms with Crippen molar-refractivity contribution in [3.05, 3.63) is 29.0 Å².